The first-order valence-corrected chi connectivity index (χ1v) is 7.03. The minimum Gasteiger partial charge on any atom is -0.372 e. The van der Waals surface area contributed by atoms with Gasteiger partial charge in [-0.3, -0.25) is 0 Å². The Hall–Kier alpha value is -0.640. The van der Waals surface area contributed by atoms with E-state index in [0.29, 0.717) is 11.3 Å². The largest absolute Gasteiger partial charge is 0.372 e. The monoisotopic (exact) mass is 297 g/mol. The third-order valence-electron chi connectivity index (χ3n) is 3.49. The zero-order valence-electron chi connectivity index (χ0n) is 11.0. The molecule has 3 nitrogen and oxygen atoms in total. The predicted molar refractivity (Wildman–Crippen MR) is 74.4 cm³/mol. The number of rotatable bonds is 4. The second-order valence-corrected chi connectivity index (χ2v) is 6.23. The van der Waals surface area contributed by atoms with Crippen LogP contribution in [0.15, 0.2) is 4.47 Å². The van der Waals surface area contributed by atoms with E-state index in [0.717, 1.165) is 34.7 Å². The van der Waals surface area contributed by atoms with E-state index in [1.807, 2.05) is 7.05 Å². The van der Waals surface area contributed by atoms with Gasteiger partial charge < -0.3 is 5.32 Å². The molecule has 1 aromatic heterocycles. The molecule has 0 spiro atoms. The van der Waals surface area contributed by atoms with Gasteiger partial charge in [-0.2, -0.15) is 0 Å². The van der Waals surface area contributed by atoms with Crippen molar-refractivity contribution in [3.63, 3.8) is 0 Å². The summed E-state index contributed by atoms with van der Waals surface area (Å²) in [5.41, 5.74) is 1.51. The molecule has 1 fully saturated rings. The van der Waals surface area contributed by atoms with Crippen LogP contribution >= 0.6 is 15.9 Å². The van der Waals surface area contributed by atoms with Crippen molar-refractivity contribution < 1.29 is 0 Å². The molecule has 2 rings (SSSR count). The van der Waals surface area contributed by atoms with Crippen LogP contribution in [-0.4, -0.2) is 17.0 Å². The Morgan fingerprint density at radius 2 is 2.06 bits per heavy atom. The van der Waals surface area contributed by atoms with Gasteiger partial charge in [-0.25, -0.2) is 9.97 Å². The normalized spacial score (nSPS) is 21.4. The van der Waals surface area contributed by atoms with Crippen LogP contribution in [0.1, 0.15) is 51.0 Å². The molecule has 1 N–H and O–H groups in total. The summed E-state index contributed by atoms with van der Waals surface area (Å²) >= 11 is 3.59. The summed E-state index contributed by atoms with van der Waals surface area (Å²) < 4.78 is 1.02. The van der Waals surface area contributed by atoms with E-state index >= 15 is 0 Å². The van der Waals surface area contributed by atoms with Gasteiger partial charge in [0, 0.05) is 13.0 Å². The lowest BCUT2D eigenvalue weighted by molar-refractivity contribution is 0.606. The molecule has 0 aromatic carbocycles. The van der Waals surface area contributed by atoms with Crippen molar-refractivity contribution in [1.29, 1.82) is 0 Å². The number of nitrogens with zero attached hydrogens (tertiary/aromatic N) is 2. The van der Waals surface area contributed by atoms with Crippen molar-refractivity contribution in [2.24, 2.45) is 5.41 Å². The highest BCUT2D eigenvalue weighted by molar-refractivity contribution is 9.10. The summed E-state index contributed by atoms with van der Waals surface area (Å²) in [5, 5.41) is 3.15. The van der Waals surface area contributed by atoms with E-state index in [1.165, 1.54) is 6.42 Å². The summed E-state index contributed by atoms with van der Waals surface area (Å²) in [5.74, 6) is 2.45. The summed E-state index contributed by atoms with van der Waals surface area (Å²) in [6, 6.07) is 0. The Balaban J connectivity index is 2.37. The SMILES string of the molecule is CCCc1nc(C2CC2(C)C)nc(NC)c1Br. The minimum atomic E-state index is 0.377. The van der Waals surface area contributed by atoms with E-state index in [-0.39, 0.29) is 0 Å². The average Bonchev–Trinajstić information content (AvgIpc) is 2.91. The second kappa shape index (κ2) is 4.56. The maximum absolute atomic E-state index is 4.73. The van der Waals surface area contributed by atoms with E-state index in [9.17, 15) is 0 Å². The van der Waals surface area contributed by atoms with Crippen LogP contribution in [0, 0.1) is 5.41 Å². The molecule has 0 bridgehead atoms. The Morgan fingerprint density at radius 3 is 2.53 bits per heavy atom. The van der Waals surface area contributed by atoms with Crippen LogP contribution in [-0.2, 0) is 6.42 Å². The molecule has 0 saturated heterocycles. The molecular formula is C13H20BrN3. The summed E-state index contributed by atoms with van der Waals surface area (Å²) in [4.78, 5) is 9.35. The van der Waals surface area contributed by atoms with Gasteiger partial charge in [-0.1, -0.05) is 27.2 Å². The standard InChI is InChI=1S/C13H20BrN3/c1-5-6-9-10(14)12(15-4)17-11(16-9)8-7-13(8,2)3/h8H,5-7H2,1-4H3,(H,15,16,17). The first-order chi connectivity index (χ1) is 7.99. The van der Waals surface area contributed by atoms with Gasteiger partial charge in [-0.15, -0.1) is 0 Å². The highest BCUT2D eigenvalue weighted by atomic mass is 79.9. The van der Waals surface area contributed by atoms with Crippen molar-refractivity contribution in [2.75, 3.05) is 12.4 Å². The van der Waals surface area contributed by atoms with Crippen molar-refractivity contribution in [1.82, 2.24) is 9.97 Å². The maximum Gasteiger partial charge on any atom is 0.144 e. The highest BCUT2D eigenvalue weighted by Crippen LogP contribution is 2.57. The molecule has 1 atom stereocenters. The quantitative estimate of drug-likeness (QED) is 0.920. The number of halogens is 1. The van der Waals surface area contributed by atoms with Crippen molar-refractivity contribution >= 4 is 21.7 Å². The lowest BCUT2D eigenvalue weighted by Crippen LogP contribution is -2.06. The molecule has 0 aliphatic heterocycles. The van der Waals surface area contributed by atoms with Gasteiger partial charge in [0.25, 0.3) is 0 Å². The second-order valence-electron chi connectivity index (χ2n) is 5.44. The number of anilines is 1. The maximum atomic E-state index is 4.73. The molecule has 17 heavy (non-hydrogen) atoms. The van der Waals surface area contributed by atoms with Gasteiger partial charge in [0.2, 0.25) is 0 Å². The van der Waals surface area contributed by atoms with Gasteiger partial charge in [-0.05, 0) is 34.2 Å². The number of aryl methyl sites for hydroxylation is 1. The van der Waals surface area contributed by atoms with E-state index < -0.39 is 0 Å². The summed E-state index contributed by atoms with van der Waals surface area (Å²) in [6.07, 6.45) is 3.30. The summed E-state index contributed by atoms with van der Waals surface area (Å²) in [6.45, 7) is 6.73. The Kier molecular flexibility index (Phi) is 3.43. The van der Waals surface area contributed by atoms with Gasteiger partial charge >= 0.3 is 0 Å². The van der Waals surface area contributed by atoms with Crippen LogP contribution in [0.2, 0.25) is 0 Å². The van der Waals surface area contributed by atoms with Crippen molar-refractivity contribution in [3.8, 4) is 0 Å². The Bertz CT molecular complexity index is 429. The smallest absolute Gasteiger partial charge is 0.144 e. The van der Waals surface area contributed by atoms with Gasteiger partial charge in [0.1, 0.15) is 11.6 Å². The van der Waals surface area contributed by atoms with Gasteiger partial charge in [0.05, 0.1) is 10.2 Å². The number of nitrogens with one attached hydrogen (secondary N) is 1. The first-order valence-electron chi connectivity index (χ1n) is 6.23. The summed E-state index contributed by atoms with van der Waals surface area (Å²) in [7, 11) is 1.91. The number of hydrogen-bond acceptors (Lipinski definition) is 3. The zero-order valence-corrected chi connectivity index (χ0v) is 12.6. The Labute approximate surface area is 112 Å². The molecule has 1 unspecified atom stereocenters. The third-order valence-corrected chi connectivity index (χ3v) is 4.32. The number of aromatic nitrogens is 2. The zero-order chi connectivity index (χ0) is 12.6. The van der Waals surface area contributed by atoms with Gasteiger partial charge in [0.15, 0.2) is 0 Å². The third kappa shape index (κ3) is 2.46. The molecule has 1 aliphatic rings. The minimum absolute atomic E-state index is 0.377. The van der Waals surface area contributed by atoms with E-state index in [2.05, 4.69) is 47.0 Å². The average molecular weight is 298 g/mol. The molecule has 4 heteroatoms. The molecule has 1 aliphatic carbocycles. The predicted octanol–water partition coefficient (Wildman–Crippen LogP) is 3.75. The molecule has 1 saturated carbocycles. The van der Waals surface area contributed by atoms with Crippen LogP contribution in [0.3, 0.4) is 0 Å². The molecule has 0 radical (unpaired) electrons. The lowest BCUT2D eigenvalue weighted by Gasteiger charge is -2.11. The number of hydrogen-bond donors (Lipinski definition) is 1. The molecular weight excluding hydrogens is 278 g/mol. The fourth-order valence-corrected chi connectivity index (χ4v) is 2.72. The first kappa shape index (κ1) is 12.8. The van der Waals surface area contributed by atoms with Crippen molar-refractivity contribution in [3.05, 3.63) is 16.0 Å². The van der Waals surface area contributed by atoms with Crippen LogP contribution in [0.4, 0.5) is 5.82 Å². The molecule has 1 heterocycles. The lowest BCUT2D eigenvalue weighted by atomic mass is 10.1. The molecule has 94 valence electrons. The topological polar surface area (TPSA) is 37.8 Å². The Morgan fingerprint density at radius 1 is 1.41 bits per heavy atom. The fraction of sp³-hybridized carbons (Fsp3) is 0.692. The molecule has 1 aromatic rings. The van der Waals surface area contributed by atoms with Crippen LogP contribution in [0.25, 0.3) is 0 Å². The van der Waals surface area contributed by atoms with E-state index in [4.69, 9.17) is 4.98 Å². The fourth-order valence-electron chi connectivity index (χ4n) is 2.14. The van der Waals surface area contributed by atoms with Crippen molar-refractivity contribution in [2.45, 2.75) is 46.0 Å². The van der Waals surface area contributed by atoms with Crippen LogP contribution < -0.4 is 5.32 Å². The van der Waals surface area contributed by atoms with E-state index in [1.54, 1.807) is 0 Å². The highest BCUT2D eigenvalue weighted by Gasteiger charge is 2.48. The molecule has 0 amide bonds. The van der Waals surface area contributed by atoms with Crippen LogP contribution in [0.5, 0.6) is 0 Å².